The maximum absolute atomic E-state index is 7.60. The summed E-state index contributed by atoms with van der Waals surface area (Å²) in [6, 6.07) is 1.88. The zero-order valence-electron chi connectivity index (χ0n) is 10.4. The molecule has 0 saturated heterocycles. The second kappa shape index (κ2) is 4.96. The average Bonchev–Trinajstić information content (AvgIpc) is 2.15. The molecule has 0 aliphatic heterocycles. The molecular formula is C12H20N4. The fraction of sp³-hybridized carbons (Fsp3) is 0.500. The van der Waals surface area contributed by atoms with Crippen molar-refractivity contribution in [3.8, 4) is 0 Å². The summed E-state index contributed by atoms with van der Waals surface area (Å²) in [4.78, 5) is 6.37. The lowest BCUT2D eigenvalue weighted by Gasteiger charge is -2.23. The highest BCUT2D eigenvalue weighted by atomic mass is 15.2. The van der Waals surface area contributed by atoms with E-state index in [1.807, 2.05) is 20.0 Å². The van der Waals surface area contributed by atoms with Crippen LogP contribution in [0.5, 0.6) is 0 Å². The summed E-state index contributed by atoms with van der Waals surface area (Å²) in [5, 5.41) is 7.60. The molecular weight excluding hydrogens is 200 g/mol. The van der Waals surface area contributed by atoms with Crippen molar-refractivity contribution < 1.29 is 0 Å². The lowest BCUT2D eigenvalue weighted by Crippen LogP contribution is -2.27. The highest BCUT2D eigenvalue weighted by Gasteiger charge is 2.14. The van der Waals surface area contributed by atoms with Gasteiger partial charge >= 0.3 is 0 Å². The third-order valence-electron chi connectivity index (χ3n) is 2.41. The Morgan fingerprint density at radius 2 is 2.19 bits per heavy atom. The van der Waals surface area contributed by atoms with Gasteiger partial charge in [-0.2, -0.15) is 0 Å². The maximum atomic E-state index is 7.60. The van der Waals surface area contributed by atoms with E-state index >= 15 is 0 Å². The van der Waals surface area contributed by atoms with Crippen molar-refractivity contribution in [1.82, 2.24) is 4.98 Å². The molecule has 4 heteroatoms. The van der Waals surface area contributed by atoms with E-state index in [0.29, 0.717) is 5.92 Å². The number of nitrogens with one attached hydrogen (secondary N) is 1. The number of nitrogens with two attached hydrogens (primary N) is 1. The van der Waals surface area contributed by atoms with Crippen LogP contribution in [0.2, 0.25) is 0 Å². The number of amidine groups is 1. The Labute approximate surface area is 97.0 Å². The average molecular weight is 220 g/mol. The molecule has 1 heterocycles. The number of hydrogen-bond acceptors (Lipinski definition) is 3. The molecule has 0 radical (unpaired) electrons. The van der Waals surface area contributed by atoms with E-state index in [9.17, 15) is 0 Å². The van der Waals surface area contributed by atoms with Gasteiger partial charge in [0.2, 0.25) is 0 Å². The van der Waals surface area contributed by atoms with Gasteiger partial charge in [0.1, 0.15) is 11.7 Å². The molecule has 1 aromatic heterocycles. The lowest BCUT2D eigenvalue weighted by molar-refractivity contribution is 0.634. The van der Waals surface area contributed by atoms with Gasteiger partial charge in [-0.25, -0.2) is 4.98 Å². The molecule has 0 aliphatic carbocycles. The Hall–Kier alpha value is -1.58. The van der Waals surface area contributed by atoms with E-state index in [1.54, 1.807) is 6.20 Å². The predicted octanol–water partition coefficient (Wildman–Crippen LogP) is 1.77. The van der Waals surface area contributed by atoms with Crippen LogP contribution in [-0.2, 0) is 0 Å². The van der Waals surface area contributed by atoms with E-state index in [4.69, 9.17) is 11.1 Å². The number of rotatable bonds is 4. The van der Waals surface area contributed by atoms with Crippen LogP contribution < -0.4 is 10.6 Å². The molecule has 1 rings (SSSR count). The summed E-state index contributed by atoms with van der Waals surface area (Å²) < 4.78 is 0. The van der Waals surface area contributed by atoms with E-state index in [1.165, 1.54) is 0 Å². The minimum atomic E-state index is 0.0798. The van der Waals surface area contributed by atoms with Gasteiger partial charge in [-0.1, -0.05) is 13.8 Å². The minimum Gasteiger partial charge on any atom is -0.384 e. The normalized spacial score (nSPS) is 10.6. The molecule has 0 atom stereocenters. The first-order valence-corrected chi connectivity index (χ1v) is 5.44. The second-order valence-corrected chi connectivity index (χ2v) is 4.51. The van der Waals surface area contributed by atoms with Gasteiger partial charge in [0.25, 0.3) is 0 Å². The Balaban J connectivity index is 3.12. The zero-order valence-corrected chi connectivity index (χ0v) is 10.4. The summed E-state index contributed by atoms with van der Waals surface area (Å²) in [5.41, 5.74) is 7.34. The van der Waals surface area contributed by atoms with Gasteiger partial charge < -0.3 is 10.6 Å². The van der Waals surface area contributed by atoms with Gasteiger partial charge in [-0.15, -0.1) is 0 Å². The summed E-state index contributed by atoms with van der Waals surface area (Å²) in [7, 11) is 1.98. The highest BCUT2D eigenvalue weighted by molar-refractivity contribution is 6.00. The first-order chi connectivity index (χ1) is 7.43. The molecule has 1 aromatic rings. The zero-order chi connectivity index (χ0) is 12.3. The number of pyridine rings is 1. The van der Waals surface area contributed by atoms with E-state index < -0.39 is 0 Å². The molecule has 0 fully saturated rings. The van der Waals surface area contributed by atoms with Gasteiger partial charge in [-0.05, 0) is 24.5 Å². The summed E-state index contributed by atoms with van der Waals surface area (Å²) in [6.07, 6.45) is 1.76. The van der Waals surface area contributed by atoms with Crippen molar-refractivity contribution in [3.63, 3.8) is 0 Å². The highest BCUT2D eigenvalue weighted by Crippen LogP contribution is 2.19. The molecule has 0 aliphatic rings. The topological polar surface area (TPSA) is 66.0 Å². The number of aromatic nitrogens is 1. The Morgan fingerprint density at radius 1 is 1.56 bits per heavy atom. The van der Waals surface area contributed by atoms with Crippen LogP contribution in [0.4, 0.5) is 5.82 Å². The molecule has 0 saturated carbocycles. The van der Waals surface area contributed by atoms with Crippen LogP contribution in [0.3, 0.4) is 0 Å². The minimum absolute atomic E-state index is 0.0798. The monoisotopic (exact) mass is 220 g/mol. The molecule has 0 spiro atoms. The van der Waals surface area contributed by atoms with E-state index in [2.05, 4.69) is 23.7 Å². The van der Waals surface area contributed by atoms with Crippen LogP contribution >= 0.6 is 0 Å². The van der Waals surface area contributed by atoms with Crippen LogP contribution in [-0.4, -0.2) is 24.4 Å². The second-order valence-electron chi connectivity index (χ2n) is 4.51. The van der Waals surface area contributed by atoms with Crippen LogP contribution in [0.1, 0.15) is 25.0 Å². The Morgan fingerprint density at radius 3 is 2.69 bits per heavy atom. The van der Waals surface area contributed by atoms with Crippen molar-refractivity contribution in [2.75, 3.05) is 18.5 Å². The summed E-state index contributed by atoms with van der Waals surface area (Å²) in [5.74, 6) is 1.42. The molecule has 0 amide bonds. The molecule has 0 bridgehead atoms. The first kappa shape index (κ1) is 12.5. The van der Waals surface area contributed by atoms with Gasteiger partial charge in [-0.3, -0.25) is 5.41 Å². The fourth-order valence-corrected chi connectivity index (χ4v) is 1.80. The van der Waals surface area contributed by atoms with Crippen molar-refractivity contribution in [1.29, 1.82) is 5.41 Å². The molecule has 0 aromatic carbocycles. The number of nitrogen functional groups attached to an aromatic ring is 1. The number of anilines is 1. The van der Waals surface area contributed by atoms with Gasteiger partial charge in [0, 0.05) is 19.8 Å². The number of hydrogen-bond donors (Lipinski definition) is 2. The molecule has 88 valence electrons. The van der Waals surface area contributed by atoms with E-state index in [0.717, 1.165) is 23.5 Å². The SMILES string of the molecule is Cc1ccnc(N(C)CC(C)C)c1C(=N)N. The lowest BCUT2D eigenvalue weighted by atomic mass is 10.1. The van der Waals surface area contributed by atoms with Crippen molar-refractivity contribution in [2.24, 2.45) is 11.7 Å². The van der Waals surface area contributed by atoms with Crippen LogP contribution in [0.15, 0.2) is 12.3 Å². The van der Waals surface area contributed by atoms with E-state index in [-0.39, 0.29) is 5.84 Å². The first-order valence-electron chi connectivity index (χ1n) is 5.44. The smallest absolute Gasteiger partial charge is 0.139 e. The van der Waals surface area contributed by atoms with Crippen molar-refractivity contribution in [2.45, 2.75) is 20.8 Å². The molecule has 4 nitrogen and oxygen atoms in total. The molecule has 3 N–H and O–H groups in total. The summed E-state index contributed by atoms with van der Waals surface area (Å²) >= 11 is 0. The number of aryl methyl sites for hydroxylation is 1. The fourth-order valence-electron chi connectivity index (χ4n) is 1.80. The third-order valence-corrected chi connectivity index (χ3v) is 2.41. The summed E-state index contributed by atoms with van der Waals surface area (Å²) in [6.45, 7) is 7.15. The third kappa shape index (κ3) is 2.72. The standard InChI is InChI=1S/C12H20N4/c1-8(2)7-16(4)12-10(11(13)14)9(3)5-6-15-12/h5-6,8H,7H2,1-4H3,(H3,13,14). The van der Waals surface area contributed by atoms with Crippen molar-refractivity contribution >= 4 is 11.7 Å². The van der Waals surface area contributed by atoms with Gasteiger partial charge in [0.05, 0.1) is 5.56 Å². The van der Waals surface area contributed by atoms with Crippen LogP contribution in [0, 0.1) is 18.3 Å². The quantitative estimate of drug-likeness (QED) is 0.600. The Bertz CT molecular complexity index is 385. The predicted molar refractivity (Wildman–Crippen MR) is 68.1 cm³/mol. The number of nitrogens with zero attached hydrogens (tertiary/aromatic N) is 2. The van der Waals surface area contributed by atoms with Crippen LogP contribution in [0.25, 0.3) is 0 Å². The molecule has 0 unspecified atom stereocenters. The van der Waals surface area contributed by atoms with Gasteiger partial charge in [0.15, 0.2) is 0 Å². The Kier molecular flexibility index (Phi) is 3.88. The largest absolute Gasteiger partial charge is 0.384 e. The maximum Gasteiger partial charge on any atom is 0.139 e. The van der Waals surface area contributed by atoms with Crippen molar-refractivity contribution in [3.05, 3.63) is 23.4 Å². The molecule has 16 heavy (non-hydrogen) atoms.